The van der Waals surface area contributed by atoms with E-state index in [1.165, 1.54) is 0 Å². The smallest absolute Gasteiger partial charge is 0.234 e. The van der Waals surface area contributed by atoms with Gasteiger partial charge in [-0.25, -0.2) is 8.42 Å². The van der Waals surface area contributed by atoms with E-state index < -0.39 is 9.84 Å². The van der Waals surface area contributed by atoms with Crippen molar-refractivity contribution in [2.45, 2.75) is 38.8 Å². The van der Waals surface area contributed by atoms with Crippen LogP contribution in [0.1, 0.15) is 26.7 Å². The summed E-state index contributed by atoms with van der Waals surface area (Å²) < 4.78 is 22.5. The fourth-order valence-corrected chi connectivity index (χ4v) is 3.41. The Bertz CT molecular complexity index is 337. The molecule has 1 amide bonds. The van der Waals surface area contributed by atoms with Crippen molar-refractivity contribution in [1.82, 2.24) is 5.32 Å². The van der Waals surface area contributed by atoms with Crippen molar-refractivity contribution < 1.29 is 13.2 Å². The van der Waals surface area contributed by atoms with E-state index in [0.29, 0.717) is 12.8 Å². The molecule has 94 valence electrons. The highest BCUT2D eigenvalue weighted by Gasteiger charge is 2.28. The quantitative estimate of drug-likeness (QED) is 0.712. The standard InChI is InChI=1S/C10H20N2O3S/c1-7(2)9(10(11)13)12-8-3-5-16(14,15)6-4-8/h7-9,12H,3-6H2,1-2H3,(H2,11,13). The molecule has 3 N–H and O–H groups in total. The van der Waals surface area contributed by atoms with E-state index in [4.69, 9.17) is 5.73 Å². The fraction of sp³-hybridized carbons (Fsp3) is 0.900. The van der Waals surface area contributed by atoms with Crippen molar-refractivity contribution in [1.29, 1.82) is 0 Å². The molecule has 0 saturated carbocycles. The average molecular weight is 248 g/mol. The van der Waals surface area contributed by atoms with Gasteiger partial charge in [-0.1, -0.05) is 13.8 Å². The van der Waals surface area contributed by atoms with E-state index in [1.54, 1.807) is 0 Å². The van der Waals surface area contributed by atoms with Crippen molar-refractivity contribution in [2.75, 3.05) is 11.5 Å². The van der Waals surface area contributed by atoms with Crippen LogP contribution in [0.2, 0.25) is 0 Å². The Morgan fingerprint density at radius 2 is 1.81 bits per heavy atom. The van der Waals surface area contributed by atoms with E-state index in [2.05, 4.69) is 5.32 Å². The zero-order chi connectivity index (χ0) is 12.3. The maximum atomic E-state index is 11.2. The van der Waals surface area contributed by atoms with Gasteiger partial charge in [-0.2, -0.15) is 0 Å². The number of hydrogen-bond acceptors (Lipinski definition) is 4. The Morgan fingerprint density at radius 3 is 2.19 bits per heavy atom. The lowest BCUT2D eigenvalue weighted by atomic mass is 10.0. The van der Waals surface area contributed by atoms with E-state index >= 15 is 0 Å². The summed E-state index contributed by atoms with van der Waals surface area (Å²) in [5.74, 6) is 0.155. The van der Waals surface area contributed by atoms with Gasteiger partial charge in [0.05, 0.1) is 17.5 Å². The molecule has 0 aromatic carbocycles. The molecule has 0 radical (unpaired) electrons. The predicted molar refractivity (Wildman–Crippen MR) is 62.6 cm³/mol. The largest absolute Gasteiger partial charge is 0.368 e. The molecule has 1 aliphatic rings. The third kappa shape index (κ3) is 3.75. The highest BCUT2D eigenvalue weighted by Crippen LogP contribution is 2.14. The minimum atomic E-state index is -2.85. The summed E-state index contributed by atoms with van der Waals surface area (Å²) in [6.07, 6.45) is 1.14. The number of amides is 1. The third-order valence-electron chi connectivity index (χ3n) is 2.94. The van der Waals surface area contributed by atoms with Crippen molar-refractivity contribution >= 4 is 15.7 Å². The number of nitrogens with two attached hydrogens (primary N) is 1. The Balaban J connectivity index is 2.52. The molecule has 0 aromatic heterocycles. The number of carbonyl (C=O) groups is 1. The summed E-state index contributed by atoms with van der Waals surface area (Å²) >= 11 is 0. The monoisotopic (exact) mass is 248 g/mol. The molecule has 5 nitrogen and oxygen atoms in total. The molecule has 0 bridgehead atoms. The molecule has 1 atom stereocenters. The molecule has 1 saturated heterocycles. The number of nitrogens with one attached hydrogen (secondary N) is 1. The van der Waals surface area contributed by atoms with Crippen LogP contribution in [0.5, 0.6) is 0 Å². The Kier molecular flexibility index (Phi) is 4.32. The third-order valence-corrected chi connectivity index (χ3v) is 4.66. The second-order valence-corrected chi connectivity index (χ2v) is 7.02. The first-order valence-electron chi connectivity index (χ1n) is 5.57. The predicted octanol–water partition coefficient (Wildman–Crippen LogP) is -0.337. The maximum absolute atomic E-state index is 11.2. The molecule has 1 rings (SSSR count). The van der Waals surface area contributed by atoms with Gasteiger partial charge in [0, 0.05) is 6.04 Å². The molecule has 0 spiro atoms. The first kappa shape index (κ1) is 13.4. The van der Waals surface area contributed by atoms with Crippen LogP contribution in [-0.4, -0.2) is 37.9 Å². The van der Waals surface area contributed by atoms with E-state index in [-0.39, 0.29) is 35.4 Å². The van der Waals surface area contributed by atoms with Gasteiger partial charge in [-0.15, -0.1) is 0 Å². The molecule has 1 aliphatic heterocycles. The lowest BCUT2D eigenvalue weighted by molar-refractivity contribution is -0.121. The van der Waals surface area contributed by atoms with E-state index in [9.17, 15) is 13.2 Å². The number of primary amides is 1. The van der Waals surface area contributed by atoms with Crippen molar-refractivity contribution in [3.63, 3.8) is 0 Å². The van der Waals surface area contributed by atoms with Crippen LogP contribution in [-0.2, 0) is 14.6 Å². The topological polar surface area (TPSA) is 89.3 Å². The van der Waals surface area contributed by atoms with Crippen LogP contribution >= 0.6 is 0 Å². The molecular formula is C10H20N2O3S. The van der Waals surface area contributed by atoms with Crippen molar-refractivity contribution in [3.05, 3.63) is 0 Å². The van der Waals surface area contributed by atoms with Gasteiger partial charge in [0.15, 0.2) is 0 Å². The molecule has 6 heteroatoms. The molecule has 1 unspecified atom stereocenters. The van der Waals surface area contributed by atoms with E-state index in [0.717, 1.165) is 0 Å². The molecule has 0 aromatic rings. The van der Waals surface area contributed by atoms with Gasteiger partial charge in [-0.3, -0.25) is 4.79 Å². The normalized spacial score (nSPS) is 23.2. The SMILES string of the molecule is CC(C)C(NC1CCS(=O)(=O)CC1)C(N)=O. The van der Waals surface area contributed by atoms with E-state index in [1.807, 2.05) is 13.8 Å². The zero-order valence-electron chi connectivity index (χ0n) is 9.77. The van der Waals surface area contributed by atoms with Gasteiger partial charge < -0.3 is 11.1 Å². The number of carbonyl (C=O) groups excluding carboxylic acids is 1. The van der Waals surface area contributed by atoms with Crippen LogP contribution in [0.3, 0.4) is 0 Å². The molecule has 1 fully saturated rings. The van der Waals surface area contributed by atoms with Crippen LogP contribution in [0, 0.1) is 5.92 Å². The van der Waals surface area contributed by atoms with Crippen LogP contribution in [0.15, 0.2) is 0 Å². The van der Waals surface area contributed by atoms with Crippen LogP contribution < -0.4 is 11.1 Å². The highest BCUT2D eigenvalue weighted by molar-refractivity contribution is 7.91. The maximum Gasteiger partial charge on any atom is 0.234 e. The summed E-state index contributed by atoms with van der Waals surface area (Å²) in [6.45, 7) is 3.84. The lowest BCUT2D eigenvalue weighted by Gasteiger charge is -2.28. The average Bonchev–Trinajstić information content (AvgIpc) is 2.15. The lowest BCUT2D eigenvalue weighted by Crippen LogP contribution is -2.51. The number of hydrogen-bond donors (Lipinski definition) is 2. The Labute approximate surface area is 96.7 Å². The van der Waals surface area contributed by atoms with Gasteiger partial charge in [-0.05, 0) is 18.8 Å². The molecule has 0 aliphatic carbocycles. The second kappa shape index (κ2) is 5.14. The first-order valence-corrected chi connectivity index (χ1v) is 7.40. The van der Waals surface area contributed by atoms with Crippen molar-refractivity contribution in [3.8, 4) is 0 Å². The van der Waals surface area contributed by atoms with Gasteiger partial charge in [0.2, 0.25) is 5.91 Å². The minimum Gasteiger partial charge on any atom is -0.368 e. The fourth-order valence-electron chi connectivity index (χ4n) is 1.91. The highest BCUT2D eigenvalue weighted by atomic mass is 32.2. The molecule has 16 heavy (non-hydrogen) atoms. The number of sulfone groups is 1. The number of rotatable bonds is 4. The van der Waals surface area contributed by atoms with Crippen molar-refractivity contribution in [2.24, 2.45) is 11.7 Å². The van der Waals surface area contributed by atoms with Gasteiger partial charge in [0.1, 0.15) is 9.84 Å². The van der Waals surface area contributed by atoms with Gasteiger partial charge >= 0.3 is 0 Å². The molecular weight excluding hydrogens is 228 g/mol. The minimum absolute atomic E-state index is 0.0865. The van der Waals surface area contributed by atoms with Gasteiger partial charge in [0.25, 0.3) is 0 Å². The zero-order valence-corrected chi connectivity index (χ0v) is 10.6. The second-order valence-electron chi connectivity index (χ2n) is 4.72. The van der Waals surface area contributed by atoms with Crippen LogP contribution in [0.25, 0.3) is 0 Å². The summed E-state index contributed by atoms with van der Waals surface area (Å²) in [5.41, 5.74) is 5.29. The summed E-state index contributed by atoms with van der Waals surface area (Å²) in [5, 5.41) is 3.15. The molecule has 1 heterocycles. The summed E-state index contributed by atoms with van der Waals surface area (Å²) in [6, 6.07) is -0.283. The first-order chi connectivity index (χ1) is 7.32. The van der Waals surface area contributed by atoms with Crippen LogP contribution in [0.4, 0.5) is 0 Å². The Hall–Kier alpha value is -0.620. The Morgan fingerprint density at radius 1 is 1.31 bits per heavy atom. The summed E-state index contributed by atoms with van der Waals surface area (Å²) in [7, 11) is -2.85. The summed E-state index contributed by atoms with van der Waals surface area (Å²) in [4.78, 5) is 11.2.